The van der Waals surface area contributed by atoms with Gasteiger partial charge in [0.05, 0.1) is 5.92 Å². The topological polar surface area (TPSA) is 37.3 Å². The Kier molecular flexibility index (Phi) is 6.97. The van der Waals surface area contributed by atoms with E-state index in [9.17, 15) is 9.90 Å². The highest BCUT2D eigenvalue weighted by Gasteiger charge is 2.35. The van der Waals surface area contributed by atoms with Gasteiger partial charge in [-0.3, -0.25) is 4.79 Å². The van der Waals surface area contributed by atoms with Crippen molar-refractivity contribution in [3.63, 3.8) is 0 Å². The minimum Gasteiger partial charge on any atom is -0.481 e. The van der Waals surface area contributed by atoms with Crippen LogP contribution in [0.4, 0.5) is 0 Å². The van der Waals surface area contributed by atoms with E-state index in [4.69, 9.17) is 0 Å². The molecule has 2 aliphatic rings. The van der Waals surface area contributed by atoms with Crippen molar-refractivity contribution in [3.05, 3.63) is 47.0 Å². The zero-order valence-electron chi connectivity index (χ0n) is 15.6. The molecule has 0 spiro atoms. The second-order valence-corrected chi connectivity index (χ2v) is 9.22. The van der Waals surface area contributed by atoms with Crippen molar-refractivity contribution >= 4 is 21.9 Å². The molecule has 0 amide bonds. The first-order valence-electron chi connectivity index (χ1n) is 10.2. The molecule has 2 nitrogen and oxygen atoms in total. The standard InChI is InChI=1S/C23H31BrO2/c1-2-3-22(23(25)26)20-10-8-18(9-11-20)16-4-6-17(7-5-16)19-12-14-21(24)15-13-19/h2,12-18,20,22H,1,3-11H2,(H,25,26). The van der Waals surface area contributed by atoms with Gasteiger partial charge in [0.15, 0.2) is 0 Å². The van der Waals surface area contributed by atoms with Crippen LogP contribution in [0.25, 0.3) is 0 Å². The predicted molar refractivity (Wildman–Crippen MR) is 110 cm³/mol. The Labute approximate surface area is 166 Å². The lowest BCUT2D eigenvalue weighted by Crippen LogP contribution is -2.30. The lowest BCUT2D eigenvalue weighted by atomic mass is 9.66. The average Bonchev–Trinajstić information content (AvgIpc) is 2.67. The van der Waals surface area contributed by atoms with Crippen LogP contribution in [-0.2, 0) is 4.79 Å². The Morgan fingerprint density at radius 1 is 1.04 bits per heavy atom. The zero-order chi connectivity index (χ0) is 18.5. The van der Waals surface area contributed by atoms with Crippen molar-refractivity contribution in [2.75, 3.05) is 0 Å². The van der Waals surface area contributed by atoms with E-state index in [1.54, 1.807) is 6.08 Å². The number of aliphatic carboxylic acids is 1. The van der Waals surface area contributed by atoms with E-state index in [0.29, 0.717) is 12.3 Å². The predicted octanol–water partition coefficient (Wildman–Crippen LogP) is 6.81. The van der Waals surface area contributed by atoms with Crippen LogP contribution >= 0.6 is 15.9 Å². The SMILES string of the molecule is C=CCC(C(=O)O)C1CCC(C2CCC(c3ccc(Br)cc3)CC2)CC1. The van der Waals surface area contributed by atoms with Gasteiger partial charge >= 0.3 is 5.97 Å². The van der Waals surface area contributed by atoms with Crippen molar-refractivity contribution < 1.29 is 9.90 Å². The summed E-state index contributed by atoms with van der Waals surface area (Å²) in [7, 11) is 0. The van der Waals surface area contributed by atoms with Crippen LogP contribution in [0.3, 0.4) is 0 Å². The molecule has 2 saturated carbocycles. The number of carboxylic acids is 1. The molecule has 3 heteroatoms. The molecule has 1 aromatic carbocycles. The van der Waals surface area contributed by atoms with Gasteiger partial charge in [-0.05, 0) is 99.2 Å². The highest BCUT2D eigenvalue weighted by atomic mass is 79.9. The summed E-state index contributed by atoms with van der Waals surface area (Å²) in [5, 5.41) is 9.48. The van der Waals surface area contributed by atoms with Gasteiger partial charge in [-0.15, -0.1) is 6.58 Å². The Hall–Kier alpha value is -1.09. The summed E-state index contributed by atoms with van der Waals surface area (Å²) in [6.45, 7) is 3.74. The van der Waals surface area contributed by atoms with Gasteiger partial charge in [-0.1, -0.05) is 34.1 Å². The number of hydrogen-bond donors (Lipinski definition) is 1. The van der Waals surface area contributed by atoms with E-state index in [1.165, 1.54) is 44.1 Å². The summed E-state index contributed by atoms with van der Waals surface area (Å²) in [6.07, 6.45) is 12.3. The third-order valence-electron chi connectivity index (χ3n) is 6.90. The van der Waals surface area contributed by atoms with Crippen LogP contribution in [-0.4, -0.2) is 11.1 Å². The lowest BCUT2D eigenvalue weighted by molar-refractivity contribution is -0.144. The maximum absolute atomic E-state index is 11.5. The normalized spacial score (nSPS) is 30.5. The summed E-state index contributed by atoms with van der Waals surface area (Å²) >= 11 is 3.52. The van der Waals surface area contributed by atoms with Crippen molar-refractivity contribution in [3.8, 4) is 0 Å². The van der Waals surface area contributed by atoms with Crippen LogP contribution in [0, 0.1) is 23.7 Å². The van der Waals surface area contributed by atoms with E-state index >= 15 is 0 Å². The summed E-state index contributed by atoms with van der Waals surface area (Å²) in [5.74, 6) is 1.88. The van der Waals surface area contributed by atoms with Crippen LogP contribution in [0.5, 0.6) is 0 Å². The lowest BCUT2D eigenvalue weighted by Gasteiger charge is -2.39. The van der Waals surface area contributed by atoms with E-state index in [2.05, 4.69) is 46.8 Å². The number of hydrogen-bond acceptors (Lipinski definition) is 1. The van der Waals surface area contributed by atoms with E-state index in [-0.39, 0.29) is 5.92 Å². The Bertz CT molecular complexity index is 593. The zero-order valence-corrected chi connectivity index (χ0v) is 17.2. The van der Waals surface area contributed by atoms with Crippen molar-refractivity contribution in [2.24, 2.45) is 23.7 Å². The fraction of sp³-hybridized carbons (Fsp3) is 0.609. The Morgan fingerprint density at radius 2 is 1.58 bits per heavy atom. The molecule has 1 atom stereocenters. The number of rotatable bonds is 6. The van der Waals surface area contributed by atoms with E-state index in [1.807, 2.05) is 0 Å². The number of halogens is 1. The maximum atomic E-state index is 11.5. The third-order valence-corrected chi connectivity index (χ3v) is 7.43. The molecule has 0 saturated heterocycles. The minimum absolute atomic E-state index is 0.221. The van der Waals surface area contributed by atoms with Crippen molar-refractivity contribution in [1.82, 2.24) is 0 Å². The van der Waals surface area contributed by atoms with Gasteiger partial charge in [0.25, 0.3) is 0 Å². The molecule has 0 aromatic heterocycles. The molecule has 142 valence electrons. The molecule has 26 heavy (non-hydrogen) atoms. The molecule has 1 N–H and O–H groups in total. The fourth-order valence-corrected chi connectivity index (χ4v) is 5.62. The van der Waals surface area contributed by atoms with Gasteiger partial charge in [0.1, 0.15) is 0 Å². The maximum Gasteiger partial charge on any atom is 0.307 e. The first kappa shape index (κ1) is 19.7. The van der Waals surface area contributed by atoms with Gasteiger partial charge in [-0.2, -0.15) is 0 Å². The van der Waals surface area contributed by atoms with E-state index < -0.39 is 5.97 Å². The smallest absolute Gasteiger partial charge is 0.307 e. The second kappa shape index (κ2) is 9.21. The van der Waals surface area contributed by atoms with E-state index in [0.717, 1.165) is 35.1 Å². The second-order valence-electron chi connectivity index (χ2n) is 8.31. The summed E-state index contributed by atoms with van der Waals surface area (Å²) in [4.78, 5) is 11.5. The third kappa shape index (κ3) is 4.79. The first-order chi connectivity index (χ1) is 12.6. The average molecular weight is 419 g/mol. The number of carboxylic acid groups (broad SMARTS) is 1. The van der Waals surface area contributed by atoms with Crippen LogP contribution in [0.2, 0.25) is 0 Å². The monoisotopic (exact) mass is 418 g/mol. The molecule has 1 unspecified atom stereocenters. The molecule has 0 radical (unpaired) electrons. The van der Waals surface area contributed by atoms with Gasteiger partial charge < -0.3 is 5.11 Å². The fourth-order valence-electron chi connectivity index (χ4n) is 5.35. The molecule has 3 rings (SSSR count). The quantitative estimate of drug-likeness (QED) is 0.515. The molecule has 0 bridgehead atoms. The first-order valence-corrected chi connectivity index (χ1v) is 11.0. The summed E-state index contributed by atoms with van der Waals surface area (Å²) in [5.41, 5.74) is 1.49. The van der Waals surface area contributed by atoms with Crippen molar-refractivity contribution in [2.45, 2.75) is 63.7 Å². The highest BCUT2D eigenvalue weighted by molar-refractivity contribution is 9.10. The Morgan fingerprint density at radius 3 is 2.08 bits per heavy atom. The Balaban J connectivity index is 1.48. The molecule has 1 aromatic rings. The molecule has 2 fully saturated rings. The van der Waals surface area contributed by atoms with Gasteiger partial charge in [0, 0.05) is 4.47 Å². The van der Waals surface area contributed by atoms with Gasteiger partial charge in [0.2, 0.25) is 0 Å². The minimum atomic E-state index is -0.636. The summed E-state index contributed by atoms with van der Waals surface area (Å²) < 4.78 is 1.16. The molecular formula is C23H31BrO2. The van der Waals surface area contributed by atoms with Crippen molar-refractivity contribution in [1.29, 1.82) is 0 Å². The molecular weight excluding hydrogens is 388 g/mol. The number of benzene rings is 1. The largest absolute Gasteiger partial charge is 0.481 e. The molecule has 0 aliphatic heterocycles. The molecule has 0 heterocycles. The highest BCUT2D eigenvalue weighted by Crippen LogP contribution is 2.45. The van der Waals surface area contributed by atoms with Crippen LogP contribution < -0.4 is 0 Å². The van der Waals surface area contributed by atoms with Gasteiger partial charge in [-0.25, -0.2) is 0 Å². The van der Waals surface area contributed by atoms with Crippen LogP contribution in [0.1, 0.15) is 69.3 Å². The number of carbonyl (C=O) groups is 1. The van der Waals surface area contributed by atoms with Crippen LogP contribution in [0.15, 0.2) is 41.4 Å². The molecule has 2 aliphatic carbocycles. The summed E-state index contributed by atoms with van der Waals surface area (Å²) in [6, 6.07) is 8.85. The number of allylic oxidation sites excluding steroid dienone is 1.